The van der Waals surface area contributed by atoms with Gasteiger partial charge in [-0.15, -0.1) is 11.8 Å². The van der Waals surface area contributed by atoms with Gasteiger partial charge >= 0.3 is 0 Å². The van der Waals surface area contributed by atoms with E-state index < -0.39 is 0 Å². The molecule has 1 heterocycles. The fraction of sp³-hybridized carbons (Fsp3) is 0.500. The molecule has 0 spiro atoms. The second kappa shape index (κ2) is 2.35. The van der Waals surface area contributed by atoms with Crippen LogP contribution in [0.3, 0.4) is 0 Å². The van der Waals surface area contributed by atoms with E-state index in [1.165, 1.54) is 5.71 Å². The van der Waals surface area contributed by atoms with Crippen molar-refractivity contribution >= 4 is 17.5 Å². The molecule has 1 rings (SSSR count). The third-order valence-electron chi connectivity index (χ3n) is 0.913. The maximum Gasteiger partial charge on any atom is 0.0435 e. The van der Waals surface area contributed by atoms with E-state index in [9.17, 15) is 0 Å². The highest BCUT2D eigenvalue weighted by Gasteiger charge is 1.96. The van der Waals surface area contributed by atoms with Gasteiger partial charge in [-0.25, -0.2) is 0 Å². The highest BCUT2D eigenvalue weighted by Crippen LogP contribution is 2.13. The van der Waals surface area contributed by atoms with Crippen molar-refractivity contribution < 1.29 is 0 Å². The largest absolute Gasteiger partial charge is 0.261 e. The minimum atomic E-state index is 1.07. The van der Waals surface area contributed by atoms with Gasteiger partial charge in [-0.05, 0) is 19.3 Å². The van der Waals surface area contributed by atoms with E-state index in [0.717, 1.165) is 11.4 Å². The van der Waals surface area contributed by atoms with Gasteiger partial charge in [-0.3, -0.25) is 4.99 Å². The first kappa shape index (κ1) is 5.89. The topological polar surface area (TPSA) is 12.4 Å². The van der Waals surface area contributed by atoms with Crippen molar-refractivity contribution in [1.29, 1.82) is 0 Å². The number of nitrogens with zero attached hydrogens (tertiary/aromatic N) is 1. The van der Waals surface area contributed by atoms with Crippen LogP contribution in [0.4, 0.5) is 0 Å². The molecule has 0 aromatic heterocycles. The zero-order valence-electron chi connectivity index (χ0n) is 5.14. The summed E-state index contributed by atoms with van der Waals surface area (Å²) in [5, 5.41) is 2.09. The monoisotopic (exact) mass is 127 g/mol. The van der Waals surface area contributed by atoms with Crippen LogP contribution in [0.2, 0.25) is 0 Å². The SMILES string of the molecule is CC1=CSCC(C)=N1. The maximum atomic E-state index is 4.24. The molecule has 1 aliphatic heterocycles. The van der Waals surface area contributed by atoms with Crippen LogP contribution in [0.1, 0.15) is 13.8 Å². The molecule has 0 amide bonds. The van der Waals surface area contributed by atoms with E-state index >= 15 is 0 Å². The summed E-state index contributed by atoms with van der Waals surface area (Å²) in [6, 6.07) is 0. The fourth-order valence-corrected chi connectivity index (χ4v) is 1.33. The summed E-state index contributed by atoms with van der Waals surface area (Å²) in [7, 11) is 0. The van der Waals surface area contributed by atoms with Crippen molar-refractivity contribution in [1.82, 2.24) is 0 Å². The summed E-state index contributed by atoms with van der Waals surface area (Å²) in [6.45, 7) is 4.08. The number of hydrogen-bond donors (Lipinski definition) is 0. The van der Waals surface area contributed by atoms with Crippen LogP contribution in [0.5, 0.6) is 0 Å². The Bertz CT molecular complexity index is 147. The van der Waals surface area contributed by atoms with E-state index in [1.54, 1.807) is 0 Å². The molecular formula is C6H9NS. The number of rotatable bonds is 0. The molecule has 0 radical (unpaired) electrons. The van der Waals surface area contributed by atoms with Gasteiger partial charge in [-0.1, -0.05) is 0 Å². The standard InChI is InChI=1S/C6H9NS/c1-5-3-8-4-6(2)7-5/h3H,4H2,1-2H3. The van der Waals surface area contributed by atoms with Crippen LogP contribution in [-0.2, 0) is 0 Å². The van der Waals surface area contributed by atoms with Crippen LogP contribution in [-0.4, -0.2) is 11.5 Å². The van der Waals surface area contributed by atoms with Gasteiger partial charge in [-0.2, -0.15) is 0 Å². The summed E-state index contributed by atoms with van der Waals surface area (Å²) in [5.74, 6) is 1.07. The average Bonchev–Trinajstić information content (AvgIpc) is 1.64. The van der Waals surface area contributed by atoms with E-state index in [-0.39, 0.29) is 0 Å². The Morgan fingerprint density at radius 1 is 1.62 bits per heavy atom. The Hall–Kier alpha value is -0.240. The maximum absolute atomic E-state index is 4.24. The Morgan fingerprint density at radius 3 is 2.75 bits per heavy atom. The summed E-state index contributed by atoms with van der Waals surface area (Å²) in [4.78, 5) is 4.24. The molecule has 0 unspecified atom stereocenters. The third-order valence-corrected chi connectivity index (χ3v) is 2.01. The van der Waals surface area contributed by atoms with Gasteiger partial charge in [0.25, 0.3) is 0 Å². The van der Waals surface area contributed by atoms with Crippen LogP contribution in [0.25, 0.3) is 0 Å². The summed E-state index contributed by atoms with van der Waals surface area (Å²) in [6.07, 6.45) is 0. The normalized spacial score (nSPS) is 19.8. The first-order chi connectivity index (χ1) is 3.79. The molecule has 0 fully saturated rings. The lowest BCUT2D eigenvalue weighted by Crippen LogP contribution is -1.97. The van der Waals surface area contributed by atoms with E-state index in [4.69, 9.17) is 0 Å². The lowest BCUT2D eigenvalue weighted by molar-refractivity contribution is 1.30. The molecule has 0 bridgehead atoms. The molecule has 2 heteroatoms. The first-order valence-corrected chi connectivity index (χ1v) is 3.66. The van der Waals surface area contributed by atoms with Crippen molar-refractivity contribution in [2.75, 3.05) is 5.75 Å². The lowest BCUT2D eigenvalue weighted by Gasteiger charge is -2.03. The molecule has 0 aromatic rings. The van der Waals surface area contributed by atoms with Crippen LogP contribution >= 0.6 is 11.8 Å². The summed E-state index contributed by atoms with van der Waals surface area (Å²) < 4.78 is 0. The highest BCUT2D eigenvalue weighted by atomic mass is 32.2. The van der Waals surface area contributed by atoms with E-state index in [1.807, 2.05) is 18.7 Å². The fourth-order valence-electron chi connectivity index (χ4n) is 0.643. The smallest absolute Gasteiger partial charge is 0.0435 e. The zero-order chi connectivity index (χ0) is 5.98. The lowest BCUT2D eigenvalue weighted by atomic mass is 10.4. The van der Waals surface area contributed by atoms with Gasteiger partial charge in [0, 0.05) is 17.2 Å². The molecule has 0 aromatic carbocycles. The van der Waals surface area contributed by atoms with Gasteiger partial charge in [0.1, 0.15) is 0 Å². The third kappa shape index (κ3) is 1.37. The van der Waals surface area contributed by atoms with Crippen LogP contribution in [0.15, 0.2) is 16.1 Å². The predicted molar refractivity (Wildman–Crippen MR) is 39.3 cm³/mol. The average molecular weight is 127 g/mol. The molecule has 0 atom stereocenters. The van der Waals surface area contributed by atoms with Crippen molar-refractivity contribution in [3.8, 4) is 0 Å². The number of aliphatic imine (C=N–C) groups is 1. The molecule has 0 N–H and O–H groups in total. The summed E-state index contributed by atoms with van der Waals surface area (Å²) in [5.41, 5.74) is 2.37. The number of allylic oxidation sites excluding steroid dienone is 1. The minimum absolute atomic E-state index is 1.07. The Labute approximate surface area is 53.9 Å². The number of hydrogen-bond acceptors (Lipinski definition) is 2. The van der Waals surface area contributed by atoms with Gasteiger partial charge in [0.05, 0.1) is 0 Å². The van der Waals surface area contributed by atoms with Gasteiger partial charge in [0.2, 0.25) is 0 Å². The Balaban J connectivity index is 2.69. The van der Waals surface area contributed by atoms with Crippen molar-refractivity contribution in [3.05, 3.63) is 11.1 Å². The summed E-state index contributed by atoms with van der Waals surface area (Å²) >= 11 is 1.82. The van der Waals surface area contributed by atoms with Crippen LogP contribution in [0, 0.1) is 0 Å². The molecule has 1 aliphatic rings. The Kier molecular flexibility index (Phi) is 1.73. The first-order valence-electron chi connectivity index (χ1n) is 2.61. The van der Waals surface area contributed by atoms with Gasteiger partial charge < -0.3 is 0 Å². The zero-order valence-corrected chi connectivity index (χ0v) is 5.96. The molecule has 1 nitrogen and oxygen atoms in total. The van der Waals surface area contributed by atoms with Gasteiger partial charge in [0.15, 0.2) is 0 Å². The molecule has 8 heavy (non-hydrogen) atoms. The van der Waals surface area contributed by atoms with Crippen molar-refractivity contribution in [2.24, 2.45) is 4.99 Å². The van der Waals surface area contributed by atoms with E-state index in [0.29, 0.717) is 0 Å². The molecule has 0 aliphatic carbocycles. The number of thioether (sulfide) groups is 1. The van der Waals surface area contributed by atoms with Crippen molar-refractivity contribution in [2.45, 2.75) is 13.8 Å². The van der Waals surface area contributed by atoms with E-state index in [2.05, 4.69) is 17.3 Å². The molecule has 44 valence electrons. The quantitative estimate of drug-likeness (QED) is 0.485. The second-order valence-electron chi connectivity index (χ2n) is 1.92. The Morgan fingerprint density at radius 2 is 2.38 bits per heavy atom. The van der Waals surface area contributed by atoms with Crippen LogP contribution < -0.4 is 0 Å². The molecule has 0 saturated heterocycles. The van der Waals surface area contributed by atoms with Crippen molar-refractivity contribution in [3.63, 3.8) is 0 Å². The molecule has 0 saturated carbocycles. The highest BCUT2D eigenvalue weighted by molar-refractivity contribution is 8.02. The molecular weight excluding hydrogens is 118 g/mol. The predicted octanol–water partition coefficient (Wildman–Crippen LogP) is 2.06. The second-order valence-corrected chi connectivity index (χ2v) is 2.78. The minimum Gasteiger partial charge on any atom is -0.261 e.